The molecule has 34 heavy (non-hydrogen) atoms. The van der Waals surface area contributed by atoms with Gasteiger partial charge in [-0.15, -0.1) is 0 Å². The second-order valence-electron chi connectivity index (χ2n) is 8.22. The molecule has 2 unspecified atom stereocenters. The normalized spacial score (nSPS) is 34.0. The quantitative estimate of drug-likeness (QED) is 0.458. The average Bonchev–Trinajstić information content (AvgIpc) is 3.28. The summed E-state index contributed by atoms with van der Waals surface area (Å²) in [6, 6.07) is 4.42. The van der Waals surface area contributed by atoms with Gasteiger partial charge in [-0.2, -0.15) is 0 Å². The molecule has 2 aliphatic heterocycles. The molecule has 2 fully saturated rings. The molecule has 0 aliphatic carbocycles. The highest BCUT2D eigenvalue weighted by Crippen LogP contribution is 2.59. The number of fused-ring (bicyclic) bond motifs is 1. The molecule has 3 aromatic rings. The van der Waals surface area contributed by atoms with E-state index in [9.17, 15) is 23.6 Å². The third kappa shape index (κ3) is 3.99. The molecule has 2 aromatic heterocycles. The number of aromatic nitrogens is 3. The fraction of sp³-hybridized carbons (Fsp3) is 0.400. The van der Waals surface area contributed by atoms with Gasteiger partial charge in [-0.1, -0.05) is 0 Å². The van der Waals surface area contributed by atoms with E-state index in [4.69, 9.17) is 24.0 Å². The van der Waals surface area contributed by atoms with Crippen LogP contribution in [0.1, 0.15) is 31.2 Å². The Balaban J connectivity index is 1.38. The number of aliphatic hydroxyl groups excluding tert-OH is 1. The number of nitrogen functional groups attached to an aromatic ring is 1. The highest BCUT2D eigenvalue weighted by Gasteiger charge is 2.56. The number of nitrogens with two attached hydrogens (primary N) is 1. The van der Waals surface area contributed by atoms with Crippen LogP contribution in [0.25, 0.3) is 11.0 Å². The molecule has 0 bridgehead atoms. The van der Waals surface area contributed by atoms with E-state index in [0.29, 0.717) is 17.1 Å². The third-order valence-corrected chi connectivity index (χ3v) is 7.27. The highest BCUT2D eigenvalue weighted by molar-refractivity contribution is 7.48. The number of anilines is 1. The Morgan fingerprint density at radius 3 is 2.76 bits per heavy atom. The summed E-state index contributed by atoms with van der Waals surface area (Å²) in [4.78, 5) is 8.04. The van der Waals surface area contributed by atoms with Crippen molar-refractivity contribution in [3.8, 4) is 0 Å². The zero-order valence-electron chi connectivity index (χ0n) is 17.7. The molecule has 14 heteroatoms. The minimum atomic E-state index is -4.36. The van der Waals surface area contributed by atoms with Gasteiger partial charge in [-0.3, -0.25) is 13.6 Å². The second kappa shape index (κ2) is 8.31. The Labute approximate surface area is 191 Å². The second-order valence-corrected chi connectivity index (χ2v) is 9.79. The number of ether oxygens (including phenoxy) is 1. The van der Waals surface area contributed by atoms with Gasteiger partial charge in [0.15, 0.2) is 6.23 Å². The summed E-state index contributed by atoms with van der Waals surface area (Å²) < 4.78 is 63.6. The smallest absolute Gasteiger partial charge is 0.385 e. The fourth-order valence-electron chi connectivity index (χ4n) is 4.05. The Bertz CT molecular complexity index is 1270. The predicted molar refractivity (Wildman–Crippen MR) is 112 cm³/mol. The number of hydrogen-bond acceptors (Lipinski definition) is 10. The number of rotatable bonds is 4. The van der Waals surface area contributed by atoms with Crippen LogP contribution in [0.5, 0.6) is 0 Å². The van der Waals surface area contributed by atoms with Crippen molar-refractivity contribution in [3.05, 3.63) is 54.0 Å². The first-order chi connectivity index (χ1) is 16.1. The molecule has 1 aromatic carbocycles. The highest BCUT2D eigenvalue weighted by atomic mass is 31.2. The molecule has 0 radical (unpaired) electrons. The molecule has 0 spiro atoms. The van der Waals surface area contributed by atoms with Gasteiger partial charge in [-0.05, 0) is 30.7 Å². The van der Waals surface area contributed by atoms with Crippen LogP contribution in [0.4, 0.5) is 14.6 Å². The topological polar surface area (TPSA) is 151 Å². The number of halogens is 2. The Hall–Kier alpha value is -2.51. The van der Waals surface area contributed by atoms with Gasteiger partial charge in [-0.25, -0.2) is 23.3 Å². The number of phosphoric ester groups is 1. The van der Waals surface area contributed by atoms with E-state index in [1.54, 1.807) is 6.07 Å². The number of phosphoric acid groups is 1. The number of hydrogen-bond donors (Lipinski definition) is 3. The lowest BCUT2D eigenvalue weighted by Crippen LogP contribution is -2.44. The Morgan fingerprint density at radius 1 is 1.29 bits per heavy atom. The van der Waals surface area contributed by atoms with E-state index in [1.807, 2.05) is 0 Å². The van der Waals surface area contributed by atoms with Crippen LogP contribution in [0.2, 0.25) is 0 Å². The largest absolute Gasteiger partial charge is 0.477 e. The van der Waals surface area contributed by atoms with Crippen molar-refractivity contribution < 1.29 is 41.9 Å². The molecule has 4 N–H and O–H groups in total. The first kappa shape index (κ1) is 23.2. The van der Waals surface area contributed by atoms with Crippen molar-refractivity contribution in [2.45, 2.75) is 43.7 Å². The molecule has 2 aliphatic rings. The van der Waals surface area contributed by atoms with Crippen molar-refractivity contribution in [2.75, 3.05) is 12.3 Å². The maximum absolute atomic E-state index is 13.6. The molecule has 182 valence electrons. The standard InChI is InChI=1S/C20H21F2N4O7P/c1-20(28)15(27)18(31-19(20)26-4-2-13-16(23)24-9-25-17(13)26)33-34(29)30-5-3-14(32-34)10-6-11(21)8-12(22)7-10/h2,4,6-9,14-15,18-19,27-28H,3,5H2,1H3,(H2,23,24,25)/t14-,15-,18?,19-,20-,34?/m1/s1. The molecule has 4 heterocycles. The van der Waals surface area contributed by atoms with Crippen LogP contribution >= 0.6 is 7.82 Å². The predicted octanol–water partition coefficient (Wildman–Crippen LogP) is 2.56. The third-order valence-electron chi connectivity index (χ3n) is 5.79. The van der Waals surface area contributed by atoms with Crippen molar-refractivity contribution in [1.82, 2.24) is 14.5 Å². The van der Waals surface area contributed by atoms with E-state index in [0.717, 1.165) is 12.1 Å². The van der Waals surface area contributed by atoms with Crippen LogP contribution in [0, 0.1) is 11.6 Å². The van der Waals surface area contributed by atoms with Crippen molar-refractivity contribution >= 4 is 24.7 Å². The van der Waals surface area contributed by atoms with E-state index in [-0.39, 0.29) is 24.4 Å². The summed E-state index contributed by atoms with van der Waals surface area (Å²) >= 11 is 0. The van der Waals surface area contributed by atoms with Crippen LogP contribution in [0.3, 0.4) is 0 Å². The zero-order valence-corrected chi connectivity index (χ0v) is 18.6. The molecule has 0 saturated carbocycles. The minimum Gasteiger partial charge on any atom is -0.385 e. The number of benzene rings is 1. The fourth-order valence-corrected chi connectivity index (χ4v) is 5.51. The molecule has 5 rings (SSSR count). The summed E-state index contributed by atoms with van der Waals surface area (Å²) in [7, 11) is -4.36. The lowest BCUT2D eigenvalue weighted by atomic mass is 9.99. The summed E-state index contributed by atoms with van der Waals surface area (Å²) in [5.41, 5.74) is 4.37. The summed E-state index contributed by atoms with van der Waals surface area (Å²) in [5, 5.41) is 22.2. The average molecular weight is 498 g/mol. The van der Waals surface area contributed by atoms with Crippen molar-refractivity contribution in [3.63, 3.8) is 0 Å². The van der Waals surface area contributed by atoms with Crippen LogP contribution in [-0.4, -0.2) is 49.4 Å². The Kier molecular flexibility index (Phi) is 5.68. The first-order valence-electron chi connectivity index (χ1n) is 10.3. The zero-order chi connectivity index (χ0) is 24.3. The van der Waals surface area contributed by atoms with Gasteiger partial charge < -0.3 is 25.3 Å². The van der Waals surface area contributed by atoms with E-state index in [1.165, 1.54) is 24.0 Å². The maximum atomic E-state index is 13.6. The summed E-state index contributed by atoms with van der Waals surface area (Å²) in [6.45, 7) is 1.19. The van der Waals surface area contributed by atoms with Gasteiger partial charge in [0.05, 0.1) is 18.1 Å². The lowest BCUT2D eigenvalue weighted by molar-refractivity contribution is -0.145. The molecular formula is C20H21F2N4O7P. The van der Waals surface area contributed by atoms with Gasteiger partial charge >= 0.3 is 7.82 Å². The molecule has 11 nitrogen and oxygen atoms in total. The maximum Gasteiger partial charge on any atom is 0.477 e. The van der Waals surface area contributed by atoms with Gasteiger partial charge in [0.2, 0.25) is 6.29 Å². The van der Waals surface area contributed by atoms with Gasteiger partial charge in [0, 0.05) is 18.7 Å². The van der Waals surface area contributed by atoms with Crippen molar-refractivity contribution in [2.24, 2.45) is 0 Å². The van der Waals surface area contributed by atoms with Gasteiger partial charge in [0.25, 0.3) is 0 Å². The van der Waals surface area contributed by atoms with Crippen LogP contribution in [0.15, 0.2) is 36.8 Å². The van der Waals surface area contributed by atoms with Crippen LogP contribution < -0.4 is 5.73 Å². The van der Waals surface area contributed by atoms with E-state index >= 15 is 0 Å². The SMILES string of the molecule is C[C@@]1(O)[C@H](O)C(OP2(=O)OCC[C@H](c3cc(F)cc(F)c3)O2)O[C@H]1n1ccc2c(N)ncnc21. The monoisotopic (exact) mass is 498 g/mol. The summed E-state index contributed by atoms with van der Waals surface area (Å²) in [5.74, 6) is -1.43. The molecule has 2 saturated heterocycles. The number of nitrogens with zero attached hydrogens (tertiary/aromatic N) is 3. The molecule has 0 amide bonds. The van der Waals surface area contributed by atoms with Crippen molar-refractivity contribution in [1.29, 1.82) is 0 Å². The lowest BCUT2D eigenvalue weighted by Gasteiger charge is -2.31. The minimum absolute atomic E-state index is 0.110. The van der Waals surface area contributed by atoms with Gasteiger partial charge in [0.1, 0.15) is 41.1 Å². The first-order valence-corrected chi connectivity index (χ1v) is 11.7. The molecule has 6 atom stereocenters. The number of aliphatic hydroxyl groups is 2. The summed E-state index contributed by atoms with van der Waals surface area (Å²) in [6.07, 6.45) is -2.60. The van der Waals surface area contributed by atoms with Crippen LogP contribution in [-0.2, 0) is 22.9 Å². The van der Waals surface area contributed by atoms with E-state index in [2.05, 4.69) is 9.97 Å². The Morgan fingerprint density at radius 2 is 2.03 bits per heavy atom. The van der Waals surface area contributed by atoms with E-state index < -0.39 is 49.8 Å². The molecular weight excluding hydrogens is 477 g/mol.